The van der Waals surface area contributed by atoms with Gasteiger partial charge in [0.2, 0.25) is 5.91 Å². The summed E-state index contributed by atoms with van der Waals surface area (Å²) in [5.41, 5.74) is 0.465. The zero-order valence-corrected chi connectivity index (χ0v) is 9.85. The number of nitrogens with zero attached hydrogens (tertiary/aromatic N) is 2. The van der Waals surface area contributed by atoms with Crippen molar-refractivity contribution in [3.8, 4) is 0 Å². The largest absolute Gasteiger partial charge is 0.478 e. The number of halogens is 1. The maximum Gasteiger partial charge on any atom is 0.339 e. The molecule has 0 spiro atoms. The van der Waals surface area contributed by atoms with Crippen LogP contribution >= 0.6 is 15.9 Å². The molecule has 0 aromatic carbocycles. The third-order valence-electron chi connectivity index (χ3n) is 2.40. The van der Waals surface area contributed by atoms with Crippen LogP contribution in [0.4, 0.5) is 5.69 Å². The van der Waals surface area contributed by atoms with Gasteiger partial charge in [0.1, 0.15) is 5.56 Å². The van der Waals surface area contributed by atoms with Crippen molar-refractivity contribution in [1.82, 2.24) is 4.98 Å². The summed E-state index contributed by atoms with van der Waals surface area (Å²) in [5, 5.41) is 8.99. The zero-order valence-electron chi connectivity index (χ0n) is 8.26. The Morgan fingerprint density at radius 2 is 2.38 bits per heavy atom. The Bertz CT molecular complexity index is 449. The molecule has 1 N–H and O–H groups in total. The number of alkyl halides is 1. The predicted molar refractivity (Wildman–Crippen MR) is 60.9 cm³/mol. The van der Waals surface area contributed by atoms with Gasteiger partial charge in [-0.15, -0.1) is 0 Å². The number of hydrogen-bond acceptors (Lipinski definition) is 3. The van der Waals surface area contributed by atoms with Crippen molar-refractivity contribution in [3.05, 3.63) is 24.0 Å². The molecule has 1 atom stereocenters. The number of carbonyl (C=O) groups is 2. The second-order valence-electron chi connectivity index (χ2n) is 3.50. The molecule has 1 unspecified atom stereocenters. The summed E-state index contributed by atoms with van der Waals surface area (Å²) in [6.07, 6.45) is 3.13. The normalized spacial score (nSPS) is 20.2. The van der Waals surface area contributed by atoms with Gasteiger partial charge in [0.05, 0.1) is 5.69 Å². The van der Waals surface area contributed by atoms with Crippen molar-refractivity contribution in [3.63, 3.8) is 0 Å². The maximum atomic E-state index is 11.6. The van der Waals surface area contributed by atoms with Crippen molar-refractivity contribution in [1.29, 1.82) is 0 Å². The monoisotopic (exact) mass is 284 g/mol. The van der Waals surface area contributed by atoms with Gasteiger partial charge in [-0.05, 0) is 6.07 Å². The highest BCUT2D eigenvalue weighted by Gasteiger charge is 2.31. The Morgan fingerprint density at radius 3 is 2.94 bits per heavy atom. The van der Waals surface area contributed by atoms with Crippen LogP contribution in [0, 0.1) is 0 Å². The standard InChI is InChI=1S/C10H9BrN2O3/c11-6-3-9(14)13(5-6)8-1-2-12-4-7(8)10(15)16/h1-2,4,6H,3,5H2,(H,15,16). The summed E-state index contributed by atoms with van der Waals surface area (Å²) < 4.78 is 0. The molecule has 1 aliphatic rings. The molecule has 1 fully saturated rings. The van der Waals surface area contributed by atoms with Gasteiger partial charge in [-0.1, -0.05) is 15.9 Å². The van der Waals surface area contributed by atoms with Crippen LogP contribution in [-0.2, 0) is 4.79 Å². The van der Waals surface area contributed by atoms with Crippen LogP contribution in [0.2, 0.25) is 0 Å². The average molecular weight is 285 g/mol. The molecule has 0 bridgehead atoms. The number of amides is 1. The van der Waals surface area contributed by atoms with Crippen LogP contribution < -0.4 is 4.90 Å². The molecule has 1 aromatic rings. The molecule has 1 aliphatic heterocycles. The van der Waals surface area contributed by atoms with Gasteiger partial charge in [-0.3, -0.25) is 9.78 Å². The Morgan fingerprint density at radius 1 is 1.62 bits per heavy atom. The quantitative estimate of drug-likeness (QED) is 0.831. The maximum absolute atomic E-state index is 11.6. The lowest BCUT2D eigenvalue weighted by molar-refractivity contribution is -0.117. The fraction of sp³-hybridized carbons (Fsp3) is 0.300. The first-order chi connectivity index (χ1) is 7.59. The van der Waals surface area contributed by atoms with E-state index in [9.17, 15) is 9.59 Å². The van der Waals surface area contributed by atoms with Gasteiger partial charge < -0.3 is 10.0 Å². The van der Waals surface area contributed by atoms with Crippen LogP contribution in [-0.4, -0.2) is 33.3 Å². The van der Waals surface area contributed by atoms with Gasteiger partial charge in [0, 0.05) is 30.2 Å². The fourth-order valence-electron chi connectivity index (χ4n) is 1.68. The van der Waals surface area contributed by atoms with Crippen LogP contribution in [0.1, 0.15) is 16.8 Å². The molecule has 1 saturated heterocycles. The molecule has 2 heterocycles. The number of pyridine rings is 1. The van der Waals surface area contributed by atoms with Gasteiger partial charge in [0.25, 0.3) is 0 Å². The minimum Gasteiger partial charge on any atom is -0.478 e. The van der Waals surface area contributed by atoms with Crippen molar-refractivity contribution in [2.45, 2.75) is 11.2 Å². The fourth-order valence-corrected chi connectivity index (χ4v) is 2.25. The van der Waals surface area contributed by atoms with E-state index in [0.29, 0.717) is 18.7 Å². The molecular weight excluding hydrogens is 276 g/mol. The molecule has 6 heteroatoms. The van der Waals surface area contributed by atoms with E-state index in [1.165, 1.54) is 17.3 Å². The summed E-state index contributed by atoms with van der Waals surface area (Å²) in [6.45, 7) is 0.489. The lowest BCUT2D eigenvalue weighted by Crippen LogP contribution is -2.26. The molecule has 0 radical (unpaired) electrons. The first-order valence-electron chi connectivity index (χ1n) is 4.71. The lowest BCUT2D eigenvalue weighted by atomic mass is 10.2. The minimum atomic E-state index is -1.08. The van der Waals surface area contributed by atoms with E-state index >= 15 is 0 Å². The number of carboxylic acid groups (broad SMARTS) is 1. The summed E-state index contributed by atoms with van der Waals surface area (Å²) in [7, 11) is 0. The second-order valence-corrected chi connectivity index (χ2v) is 4.80. The summed E-state index contributed by atoms with van der Waals surface area (Å²) in [6, 6.07) is 1.55. The van der Waals surface area contributed by atoms with Crippen molar-refractivity contribution >= 4 is 33.5 Å². The lowest BCUT2D eigenvalue weighted by Gasteiger charge is -2.17. The molecule has 5 nitrogen and oxygen atoms in total. The highest BCUT2D eigenvalue weighted by atomic mass is 79.9. The Kier molecular flexibility index (Phi) is 2.91. The first-order valence-corrected chi connectivity index (χ1v) is 5.63. The highest BCUT2D eigenvalue weighted by molar-refractivity contribution is 9.09. The molecule has 0 aliphatic carbocycles. The van der Waals surface area contributed by atoms with Crippen molar-refractivity contribution in [2.24, 2.45) is 0 Å². The Balaban J connectivity index is 2.40. The second kappa shape index (κ2) is 4.21. The average Bonchev–Trinajstić information content (AvgIpc) is 2.57. The third kappa shape index (κ3) is 1.92. The van der Waals surface area contributed by atoms with Gasteiger partial charge >= 0.3 is 5.97 Å². The number of rotatable bonds is 2. The van der Waals surface area contributed by atoms with Crippen molar-refractivity contribution < 1.29 is 14.7 Å². The molecule has 0 saturated carbocycles. The number of aromatic nitrogens is 1. The molecular formula is C10H9BrN2O3. The zero-order chi connectivity index (χ0) is 11.7. The Labute approximate surface area is 100 Å². The summed E-state index contributed by atoms with van der Waals surface area (Å²) >= 11 is 3.35. The molecule has 2 rings (SSSR count). The highest BCUT2D eigenvalue weighted by Crippen LogP contribution is 2.27. The molecule has 16 heavy (non-hydrogen) atoms. The smallest absolute Gasteiger partial charge is 0.339 e. The van der Waals surface area contributed by atoms with Crippen LogP contribution in [0.25, 0.3) is 0 Å². The Hall–Kier alpha value is -1.43. The van der Waals surface area contributed by atoms with Crippen LogP contribution in [0.5, 0.6) is 0 Å². The van der Waals surface area contributed by atoms with Gasteiger partial charge in [-0.2, -0.15) is 0 Å². The first kappa shape index (κ1) is 11.1. The third-order valence-corrected chi connectivity index (χ3v) is 3.01. The van der Waals surface area contributed by atoms with Gasteiger partial charge in [0.15, 0.2) is 0 Å². The van der Waals surface area contributed by atoms with E-state index in [1.54, 1.807) is 6.07 Å². The SMILES string of the molecule is O=C(O)c1cnccc1N1CC(Br)CC1=O. The molecule has 1 amide bonds. The van der Waals surface area contributed by atoms with E-state index in [-0.39, 0.29) is 16.3 Å². The van der Waals surface area contributed by atoms with E-state index in [0.717, 1.165) is 0 Å². The number of carboxylic acids is 1. The van der Waals surface area contributed by atoms with Crippen LogP contribution in [0.15, 0.2) is 18.5 Å². The summed E-state index contributed by atoms with van der Waals surface area (Å²) in [4.78, 5) is 27.9. The molecule has 84 valence electrons. The topological polar surface area (TPSA) is 70.5 Å². The number of carbonyl (C=O) groups excluding carboxylic acids is 1. The molecule has 1 aromatic heterocycles. The minimum absolute atomic E-state index is 0.0532. The van der Waals surface area contributed by atoms with E-state index in [4.69, 9.17) is 5.11 Å². The number of hydrogen-bond donors (Lipinski definition) is 1. The number of anilines is 1. The van der Waals surface area contributed by atoms with Gasteiger partial charge in [-0.25, -0.2) is 4.79 Å². The van der Waals surface area contributed by atoms with E-state index in [1.807, 2.05) is 0 Å². The summed E-state index contributed by atoms with van der Waals surface area (Å²) in [5.74, 6) is -1.15. The number of aromatic carboxylic acids is 1. The van der Waals surface area contributed by atoms with E-state index < -0.39 is 5.97 Å². The van der Waals surface area contributed by atoms with Crippen LogP contribution in [0.3, 0.4) is 0 Å². The predicted octanol–water partition coefficient (Wildman–Crippen LogP) is 1.28. The van der Waals surface area contributed by atoms with Crippen molar-refractivity contribution in [2.75, 3.05) is 11.4 Å². The van der Waals surface area contributed by atoms with E-state index in [2.05, 4.69) is 20.9 Å².